The number of nitrogens with one attached hydrogen (secondary N) is 1. The largest absolute Gasteiger partial charge is 0.360 e. The van der Waals surface area contributed by atoms with Crippen LogP contribution in [0, 0.1) is 0 Å². The fraction of sp³-hybridized carbons (Fsp3) is 0. The average Bonchev–Trinajstić information content (AvgIpc) is 2.84. The van der Waals surface area contributed by atoms with Gasteiger partial charge >= 0.3 is 0 Å². The maximum atomic E-state index is 12.5. The summed E-state index contributed by atoms with van der Waals surface area (Å²) in [5.74, 6) is -0.174. The third kappa shape index (κ3) is 2.11. The number of aromatic nitrogens is 2. The van der Waals surface area contributed by atoms with Crippen molar-refractivity contribution in [2.45, 2.75) is 0 Å². The number of H-pyrrole nitrogens is 1. The second-order valence-electron chi connectivity index (χ2n) is 4.08. The third-order valence-corrected chi connectivity index (χ3v) is 3.47. The van der Waals surface area contributed by atoms with Gasteiger partial charge in [0.05, 0.1) is 5.02 Å². The van der Waals surface area contributed by atoms with Crippen LogP contribution in [-0.4, -0.2) is 15.8 Å². The Bertz CT molecular complexity index is 780. The fourth-order valence-corrected chi connectivity index (χ4v) is 2.34. The number of halogens is 2. The van der Waals surface area contributed by atoms with Crippen LogP contribution in [0.3, 0.4) is 0 Å². The second kappa shape index (κ2) is 4.68. The zero-order chi connectivity index (χ0) is 13.4. The van der Waals surface area contributed by atoms with Crippen molar-refractivity contribution < 1.29 is 4.79 Å². The molecule has 0 saturated carbocycles. The highest BCUT2D eigenvalue weighted by molar-refractivity contribution is 6.37. The summed E-state index contributed by atoms with van der Waals surface area (Å²) < 4.78 is 0. The van der Waals surface area contributed by atoms with Crippen molar-refractivity contribution in [2.24, 2.45) is 0 Å². The van der Waals surface area contributed by atoms with E-state index in [-0.39, 0.29) is 5.78 Å². The van der Waals surface area contributed by atoms with Crippen molar-refractivity contribution in [2.75, 3.05) is 0 Å². The maximum absolute atomic E-state index is 12.5. The first-order valence-corrected chi connectivity index (χ1v) is 6.33. The molecule has 0 aliphatic rings. The van der Waals surface area contributed by atoms with Crippen LogP contribution in [0.2, 0.25) is 10.0 Å². The molecule has 0 amide bonds. The molecule has 1 aromatic carbocycles. The Morgan fingerprint density at radius 1 is 1.16 bits per heavy atom. The zero-order valence-corrected chi connectivity index (χ0v) is 11.2. The molecular weight excluding hydrogens is 283 g/mol. The molecule has 0 fully saturated rings. The summed E-state index contributed by atoms with van der Waals surface area (Å²) >= 11 is 12.0. The van der Waals surface area contributed by atoms with Gasteiger partial charge in [-0.1, -0.05) is 23.2 Å². The molecule has 0 radical (unpaired) electrons. The molecule has 3 aromatic rings. The van der Waals surface area contributed by atoms with Crippen molar-refractivity contribution >= 4 is 39.9 Å². The lowest BCUT2D eigenvalue weighted by atomic mass is 10.0. The standard InChI is InChI=1S/C14H8Cl2N2O/c15-8-1-2-12(16)9(5-8)14(19)11-7-18-13-3-4-17-6-10(11)13/h1-7,18H. The van der Waals surface area contributed by atoms with Crippen molar-refractivity contribution in [1.29, 1.82) is 0 Å². The molecule has 1 N–H and O–H groups in total. The SMILES string of the molecule is O=C(c1cc(Cl)ccc1Cl)c1c[nH]c2ccncc12. The Hall–Kier alpha value is -1.84. The van der Waals surface area contributed by atoms with Crippen molar-refractivity contribution in [3.05, 3.63) is 64.0 Å². The Labute approximate surface area is 119 Å². The smallest absolute Gasteiger partial charge is 0.196 e. The number of fused-ring (bicyclic) bond motifs is 1. The first kappa shape index (κ1) is 12.2. The number of hydrogen-bond acceptors (Lipinski definition) is 2. The minimum absolute atomic E-state index is 0.174. The predicted molar refractivity (Wildman–Crippen MR) is 76.0 cm³/mol. The van der Waals surface area contributed by atoms with Crippen LogP contribution in [0.1, 0.15) is 15.9 Å². The van der Waals surface area contributed by atoms with Gasteiger partial charge in [0.2, 0.25) is 0 Å². The highest BCUT2D eigenvalue weighted by atomic mass is 35.5. The minimum atomic E-state index is -0.174. The van der Waals surface area contributed by atoms with E-state index in [9.17, 15) is 4.79 Å². The number of aromatic amines is 1. The molecule has 0 aliphatic heterocycles. The highest BCUT2D eigenvalue weighted by Gasteiger charge is 2.17. The molecule has 94 valence electrons. The minimum Gasteiger partial charge on any atom is -0.360 e. The quantitative estimate of drug-likeness (QED) is 0.722. The maximum Gasteiger partial charge on any atom is 0.196 e. The fourth-order valence-electron chi connectivity index (χ4n) is 1.97. The number of rotatable bonds is 2. The van der Waals surface area contributed by atoms with E-state index < -0.39 is 0 Å². The number of hydrogen-bond donors (Lipinski definition) is 1. The first-order chi connectivity index (χ1) is 9.16. The van der Waals surface area contributed by atoms with Crippen molar-refractivity contribution in [1.82, 2.24) is 9.97 Å². The summed E-state index contributed by atoms with van der Waals surface area (Å²) in [6, 6.07) is 6.65. The molecule has 5 heteroatoms. The first-order valence-electron chi connectivity index (χ1n) is 5.57. The van der Waals surface area contributed by atoms with Crippen molar-refractivity contribution in [3.8, 4) is 0 Å². The molecule has 0 saturated heterocycles. The Balaban J connectivity index is 2.16. The second-order valence-corrected chi connectivity index (χ2v) is 4.92. The molecule has 2 aromatic heterocycles. The van der Waals surface area contributed by atoms with Gasteiger partial charge in [-0.3, -0.25) is 9.78 Å². The van der Waals surface area contributed by atoms with Crippen LogP contribution < -0.4 is 0 Å². The van der Waals surface area contributed by atoms with Gasteiger partial charge in [-0.05, 0) is 24.3 Å². The van der Waals surface area contributed by atoms with Crippen LogP contribution in [0.4, 0.5) is 0 Å². The lowest BCUT2D eigenvalue weighted by molar-refractivity contribution is 0.104. The van der Waals surface area contributed by atoms with Gasteiger partial charge in [-0.2, -0.15) is 0 Å². The van der Waals surface area contributed by atoms with Crippen LogP contribution >= 0.6 is 23.2 Å². The van der Waals surface area contributed by atoms with E-state index in [1.165, 1.54) is 0 Å². The molecule has 19 heavy (non-hydrogen) atoms. The molecule has 2 heterocycles. The Morgan fingerprint density at radius 2 is 2.00 bits per heavy atom. The topological polar surface area (TPSA) is 45.8 Å². The van der Waals surface area contributed by atoms with E-state index in [0.29, 0.717) is 21.2 Å². The van der Waals surface area contributed by atoms with Gasteiger partial charge in [0, 0.05) is 45.6 Å². The lowest BCUT2D eigenvalue weighted by Crippen LogP contribution is -2.01. The van der Waals surface area contributed by atoms with E-state index in [1.807, 2.05) is 6.07 Å². The summed E-state index contributed by atoms with van der Waals surface area (Å²) in [5, 5.41) is 1.63. The number of carbonyl (C=O) groups is 1. The van der Waals surface area contributed by atoms with E-state index in [4.69, 9.17) is 23.2 Å². The number of pyridine rings is 1. The van der Waals surface area contributed by atoms with Gasteiger partial charge in [0.1, 0.15) is 0 Å². The van der Waals surface area contributed by atoms with Gasteiger partial charge in [0.15, 0.2) is 5.78 Å². The molecule has 0 atom stereocenters. The lowest BCUT2D eigenvalue weighted by Gasteiger charge is -2.03. The van der Waals surface area contributed by atoms with Crippen LogP contribution in [0.5, 0.6) is 0 Å². The molecular formula is C14H8Cl2N2O. The number of ketones is 1. The summed E-state index contributed by atoms with van der Waals surface area (Å²) in [5.41, 5.74) is 1.78. The number of carbonyl (C=O) groups excluding carboxylic acids is 1. The summed E-state index contributed by atoms with van der Waals surface area (Å²) in [6.07, 6.45) is 4.98. The van der Waals surface area contributed by atoms with Crippen LogP contribution in [0.15, 0.2) is 42.9 Å². The number of benzene rings is 1. The van der Waals surface area contributed by atoms with E-state index in [1.54, 1.807) is 36.8 Å². The third-order valence-electron chi connectivity index (χ3n) is 2.90. The van der Waals surface area contributed by atoms with Gasteiger partial charge < -0.3 is 4.98 Å². The normalized spacial score (nSPS) is 10.8. The van der Waals surface area contributed by atoms with E-state index in [0.717, 1.165) is 10.9 Å². The predicted octanol–water partition coefficient (Wildman–Crippen LogP) is 4.10. The van der Waals surface area contributed by atoms with Crippen molar-refractivity contribution in [3.63, 3.8) is 0 Å². The molecule has 0 bridgehead atoms. The highest BCUT2D eigenvalue weighted by Crippen LogP contribution is 2.26. The summed E-state index contributed by atoms with van der Waals surface area (Å²) in [7, 11) is 0. The molecule has 3 rings (SSSR count). The van der Waals surface area contributed by atoms with E-state index >= 15 is 0 Å². The molecule has 3 nitrogen and oxygen atoms in total. The van der Waals surface area contributed by atoms with Crippen LogP contribution in [0.25, 0.3) is 10.9 Å². The Kier molecular flexibility index (Phi) is 3.01. The van der Waals surface area contributed by atoms with Gasteiger partial charge in [-0.25, -0.2) is 0 Å². The van der Waals surface area contributed by atoms with E-state index in [2.05, 4.69) is 9.97 Å². The summed E-state index contributed by atoms with van der Waals surface area (Å²) in [6.45, 7) is 0. The Morgan fingerprint density at radius 3 is 2.84 bits per heavy atom. The summed E-state index contributed by atoms with van der Waals surface area (Å²) in [4.78, 5) is 19.6. The monoisotopic (exact) mass is 290 g/mol. The molecule has 0 spiro atoms. The van der Waals surface area contributed by atoms with Crippen LogP contribution in [-0.2, 0) is 0 Å². The zero-order valence-electron chi connectivity index (χ0n) is 9.65. The molecule has 0 unspecified atom stereocenters. The van der Waals surface area contributed by atoms with Gasteiger partial charge in [-0.15, -0.1) is 0 Å². The number of nitrogens with zero attached hydrogens (tertiary/aromatic N) is 1. The average molecular weight is 291 g/mol. The molecule has 0 aliphatic carbocycles. The van der Waals surface area contributed by atoms with Gasteiger partial charge in [0.25, 0.3) is 0 Å².